The normalized spacial score (nSPS) is 21.5. The lowest BCUT2D eigenvalue weighted by atomic mass is 10.1. The summed E-state index contributed by atoms with van der Waals surface area (Å²) in [5.41, 5.74) is 6.19. The van der Waals surface area contributed by atoms with E-state index in [9.17, 15) is 0 Å². The summed E-state index contributed by atoms with van der Waals surface area (Å²) in [5, 5.41) is 4.39. The number of hydrogen-bond donors (Lipinski definition) is 1. The molecule has 2 aliphatic rings. The molecule has 0 aromatic carbocycles. The Labute approximate surface area is 138 Å². The van der Waals surface area contributed by atoms with Crippen molar-refractivity contribution in [3.8, 4) is 11.6 Å². The van der Waals surface area contributed by atoms with Gasteiger partial charge in [0.25, 0.3) is 5.78 Å². The molecule has 0 spiro atoms. The molecule has 0 saturated carbocycles. The summed E-state index contributed by atoms with van der Waals surface area (Å²) < 4.78 is 6.92. The van der Waals surface area contributed by atoms with Crippen molar-refractivity contribution in [3.63, 3.8) is 0 Å². The van der Waals surface area contributed by atoms with Gasteiger partial charge in [0.1, 0.15) is 11.6 Å². The van der Waals surface area contributed by atoms with Gasteiger partial charge in [0.05, 0.1) is 6.26 Å². The molecule has 0 amide bonds. The molecule has 0 aliphatic carbocycles. The number of aromatic nitrogens is 4. The van der Waals surface area contributed by atoms with E-state index in [0.29, 0.717) is 29.2 Å². The summed E-state index contributed by atoms with van der Waals surface area (Å²) in [6.45, 7) is 4.28. The number of nitrogens with zero attached hydrogens (tertiary/aromatic N) is 6. The van der Waals surface area contributed by atoms with E-state index < -0.39 is 0 Å². The molecule has 1 atom stereocenters. The Bertz CT molecular complexity index is 872. The first-order valence-electron chi connectivity index (χ1n) is 8.34. The molecule has 5 rings (SSSR count). The van der Waals surface area contributed by atoms with Gasteiger partial charge < -0.3 is 15.1 Å². The van der Waals surface area contributed by atoms with Gasteiger partial charge in [-0.05, 0) is 31.5 Å². The van der Waals surface area contributed by atoms with Crippen molar-refractivity contribution in [3.05, 3.63) is 24.5 Å². The zero-order valence-corrected chi connectivity index (χ0v) is 13.3. The number of hydrogen-bond acceptors (Lipinski definition) is 7. The predicted octanol–water partition coefficient (Wildman–Crippen LogP) is 1.25. The number of piperazine rings is 1. The van der Waals surface area contributed by atoms with Gasteiger partial charge >= 0.3 is 0 Å². The second-order valence-electron chi connectivity index (χ2n) is 6.44. The average molecular weight is 325 g/mol. The monoisotopic (exact) mass is 325 g/mol. The van der Waals surface area contributed by atoms with E-state index >= 15 is 0 Å². The third kappa shape index (κ3) is 2.14. The molecule has 2 aliphatic heterocycles. The third-order valence-electron chi connectivity index (χ3n) is 4.98. The lowest BCUT2D eigenvalue weighted by Crippen LogP contribution is -2.50. The zero-order chi connectivity index (χ0) is 16.1. The summed E-state index contributed by atoms with van der Waals surface area (Å²) >= 11 is 0. The fourth-order valence-corrected chi connectivity index (χ4v) is 3.75. The maximum absolute atomic E-state index is 6.19. The van der Waals surface area contributed by atoms with Crippen LogP contribution in [0.3, 0.4) is 0 Å². The largest absolute Gasteiger partial charge is 0.461 e. The van der Waals surface area contributed by atoms with Crippen molar-refractivity contribution in [2.75, 3.05) is 36.8 Å². The van der Waals surface area contributed by atoms with Gasteiger partial charge in [0, 0.05) is 31.7 Å². The molecule has 3 aromatic heterocycles. The van der Waals surface area contributed by atoms with Gasteiger partial charge in [-0.15, -0.1) is 5.10 Å². The zero-order valence-electron chi connectivity index (χ0n) is 13.3. The Morgan fingerprint density at radius 3 is 3.04 bits per heavy atom. The Balaban J connectivity index is 1.50. The minimum Gasteiger partial charge on any atom is -0.461 e. The van der Waals surface area contributed by atoms with Gasteiger partial charge in [0.15, 0.2) is 5.76 Å². The second-order valence-corrected chi connectivity index (χ2v) is 6.44. The quantitative estimate of drug-likeness (QED) is 0.758. The molecule has 2 saturated heterocycles. The van der Waals surface area contributed by atoms with Crippen molar-refractivity contribution >= 4 is 17.4 Å². The summed E-state index contributed by atoms with van der Waals surface area (Å²) in [5.74, 6) is 3.03. The minimum absolute atomic E-state index is 0.497. The van der Waals surface area contributed by atoms with Crippen molar-refractivity contribution < 1.29 is 4.42 Å². The van der Waals surface area contributed by atoms with Crippen molar-refractivity contribution in [1.82, 2.24) is 24.5 Å². The SMILES string of the molecule is Nc1cc(N2CCN3CCC[C@H]3C2)nc2nc(-c3ccco3)nn12. The molecule has 24 heavy (non-hydrogen) atoms. The first kappa shape index (κ1) is 13.8. The van der Waals surface area contributed by atoms with Crippen LogP contribution in [0.25, 0.3) is 17.4 Å². The molecule has 2 N–H and O–H groups in total. The maximum atomic E-state index is 6.19. The Hall–Kier alpha value is -2.61. The van der Waals surface area contributed by atoms with E-state index in [0.717, 1.165) is 25.5 Å². The minimum atomic E-state index is 0.497. The highest BCUT2D eigenvalue weighted by Crippen LogP contribution is 2.26. The van der Waals surface area contributed by atoms with Gasteiger partial charge in [-0.25, -0.2) is 0 Å². The van der Waals surface area contributed by atoms with Crippen LogP contribution >= 0.6 is 0 Å². The summed E-state index contributed by atoms with van der Waals surface area (Å²) in [6, 6.07) is 6.16. The van der Waals surface area contributed by atoms with Gasteiger partial charge in [-0.3, -0.25) is 4.90 Å². The Morgan fingerprint density at radius 2 is 2.17 bits per heavy atom. The van der Waals surface area contributed by atoms with E-state index in [1.165, 1.54) is 19.4 Å². The van der Waals surface area contributed by atoms with E-state index in [4.69, 9.17) is 10.2 Å². The molecule has 3 aromatic rings. The standard InChI is InChI=1S/C16H19N7O/c17-13-9-14(22-7-6-21-5-1-3-11(21)10-22)18-16-19-15(20-23(13)16)12-4-2-8-24-12/h2,4,8-9,11H,1,3,5-7,10,17H2/t11-/m0/s1. The smallest absolute Gasteiger partial charge is 0.256 e. The van der Waals surface area contributed by atoms with Crippen LogP contribution in [0.2, 0.25) is 0 Å². The topological polar surface area (TPSA) is 88.7 Å². The van der Waals surface area contributed by atoms with Crippen LogP contribution in [0.15, 0.2) is 28.9 Å². The molecule has 0 bridgehead atoms. The lowest BCUT2D eigenvalue weighted by Gasteiger charge is -2.38. The Morgan fingerprint density at radius 1 is 1.21 bits per heavy atom. The number of fused-ring (bicyclic) bond motifs is 2. The van der Waals surface area contributed by atoms with Crippen LogP contribution in [0.5, 0.6) is 0 Å². The van der Waals surface area contributed by atoms with Crippen molar-refractivity contribution in [1.29, 1.82) is 0 Å². The van der Waals surface area contributed by atoms with E-state index in [-0.39, 0.29) is 0 Å². The van der Waals surface area contributed by atoms with Crippen LogP contribution in [-0.2, 0) is 0 Å². The van der Waals surface area contributed by atoms with Gasteiger partial charge in [0.2, 0.25) is 5.82 Å². The van der Waals surface area contributed by atoms with Crippen molar-refractivity contribution in [2.45, 2.75) is 18.9 Å². The third-order valence-corrected chi connectivity index (χ3v) is 4.98. The number of nitrogens with two attached hydrogens (primary N) is 1. The fourth-order valence-electron chi connectivity index (χ4n) is 3.75. The molecule has 0 unspecified atom stereocenters. The second kappa shape index (κ2) is 5.20. The first-order chi connectivity index (χ1) is 11.8. The molecule has 0 radical (unpaired) electrons. The van der Waals surface area contributed by atoms with Crippen LogP contribution in [0, 0.1) is 0 Å². The summed E-state index contributed by atoms with van der Waals surface area (Å²) in [4.78, 5) is 14.0. The number of nitrogen functional groups attached to an aromatic ring is 1. The van der Waals surface area contributed by atoms with E-state index in [2.05, 4.69) is 24.9 Å². The molecule has 5 heterocycles. The number of rotatable bonds is 2. The van der Waals surface area contributed by atoms with Crippen LogP contribution in [-0.4, -0.2) is 56.7 Å². The number of furan rings is 1. The van der Waals surface area contributed by atoms with Crippen molar-refractivity contribution in [2.24, 2.45) is 0 Å². The molecule has 2 fully saturated rings. The lowest BCUT2D eigenvalue weighted by molar-refractivity contribution is 0.230. The summed E-state index contributed by atoms with van der Waals surface area (Å²) in [7, 11) is 0. The fraction of sp³-hybridized carbons (Fsp3) is 0.438. The average Bonchev–Trinajstić information content (AvgIpc) is 3.32. The number of anilines is 2. The maximum Gasteiger partial charge on any atom is 0.256 e. The van der Waals surface area contributed by atoms with Crippen LogP contribution < -0.4 is 10.6 Å². The molecule has 8 nitrogen and oxygen atoms in total. The summed E-state index contributed by atoms with van der Waals surface area (Å²) in [6.07, 6.45) is 4.16. The molecule has 8 heteroatoms. The highest BCUT2D eigenvalue weighted by atomic mass is 16.3. The molecular formula is C16H19N7O. The predicted molar refractivity (Wildman–Crippen MR) is 89.7 cm³/mol. The highest BCUT2D eigenvalue weighted by molar-refractivity contribution is 5.57. The first-order valence-corrected chi connectivity index (χ1v) is 8.34. The van der Waals surface area contributed by atoms with E-state index in [1.807, 2.05) is 18.2 Å². The molecule has 124 valence electrons. The van der Waals surface area contributed by atoms with Crippen LogP contribution in [0.4, 0.5) is 11.6 Å². The van der Waals surface area contributed by atoms with Gasteiger partial charge in [-0.1, -0.05) is 0 Å². The van der Waals surface area contributed by atoms with Crippen LogP contribution in [0.1, 0.15) is 12.8 Å². The molecular weight excluding hydrogens is 306 g/mol. The van der Waals surface area contributed by atoms with E-state index in [1.54, 1.807) is 10.8 Å². The van der Waals surface area contributed by atoms with Gasteiger partial charge in [-0.2, -0.15) is 14.5 Å². The Kier molecular flexibility index (Phi) is 2.99. The highest BCUT2D eigenvalue weighted by Gasteiger charge is 2.31.